The summed E-state index contributed by atoms with van der Waals surface area (Å²) in [6.45, 7) is 12.5. The number of hydrogen-bond donors (Lipinski definition) is 3. The summed E-state index contributed by atoms with van der Waals surface area (Å²) in [6.07, 6.45) is 11.9. The molecule has 0 aromatic rings. The maximum atomic E-state index is 10.4. The topological polar surface area (TPSA) is 209 Å². The Hall–Kier alpha value is 1.65. The van der Waals surface area contributed by atoms with Crippen LogP contribution in [0.15, 0.2) is 0 Å². The molecule has 0 spiro atoms. The second-order valence-corrected chi connectivity index (χ2v) is 13.1. The second-order valence-electron chi connectivity index (χ2n) is 9.54. The summed E-state index contributed by atoms with van der Waals surface area (Å²) >= 11 is 0. The maximum Gasteiger partial charge on any atom is 3.00 e. The van der Waals surface area contributed by atoms with Crippen molar-refractivity contribution in [2.45, 2.75) is 119 Å². The average molecular weight is 785 g/mol. The van der Waals surface area contributed by atoms with Gasteiger partial charge in [0.05, 0.1) is 27.6 Å². The molecule has 0 aliphatic carbocycles. The molecule has 0 aromatic carbocycles. The van der Waals surface area contributed by atoms with Crippen LogP contribution in [0.2, 0.25) is 0 Å². The van der Waals surface area contributed by atoms with Gasteiger partial charge in [-0.3, -0.25) is 9.09 Å². The van der Waals surface area contributed by atoms with Gasteiger partial charge in [-0.2, -0.15) is 0 Å². The second kappa shape index (κ2) is 29.4. The summed E-state index contributed by atoms with van der Waals surface area (Å²) in [5, 5.41) is 0. The van der Waals surface area contributed by atoms with E-state index >= 15 is 0 Å². The molecule has 0 saturated carbocycles. The van der Waals surface area contributed by atoms with Crippen molar-refractivity contribution in [2.75, 3.05) is 19.8 Å². The van der Waals surface area contributed by atoms with E-state index in [1.54, 1.807) is 0 Å². The Kier molecular flexibility index (Phi) is 35.7. The first kappa shape index (κ1) is 48.6. The zero-order valence-corrected chi connectivity index (χ0v) is 30.0. The van der Waals surface area contributed by atoms with Crippen molar-refractivity contribution in [3.8, 4) is 0 Å². The van der Waals surface area contributed by atoms with Gasteiger partial charge in [-0.05, 0) is 37.0 Å². The molecule has 0 bridgehead atoms. The van der Waals surface area contributed by atoms with Gasteiger partial charge in [0.15, 0.2) is 0 Å². The summed E-state index contributed by atoms with van der Waals surface area (Å²) in [4.78, 5) is 56.0. The van der Waals surface area contributed by atoms with Gasteiger partial charge >= 0.3 is 47.8 Å². The van der Waals surface area contributed by atoms with Crippen LogP contribution in [0.4, 0.5) is 0 Å². The van der Waals surface area contributed by atoms with Crippen LogP contribution in [0.3, 0.4) is 0 Å². The Balaban J connectivity index is -0.000000240. The fourth-order valence-corrected chi connectivity index (χ4v) is 4.49. The van der Waals surface area contributed by atoms with Crippen LogP contribution in [0.1, 0.15) is 119 Å². The Morgan fingerprint density at radius 2 is 0.875 bits per heavy atom. The van der Waals surface area contributed by atoms with Gasteiger partial charge in [0, 0.05) is 0 Å². The molecule has 0 saturated heterocycles. The van der Waals surface area contributed by atoms with Gasteiger partial charge in [-0.1, -0.05) is 99.3 Å². The van der Waals surface area contributed by atoms with Crippen LogP contribution in [0.5, 0.6) is 0 Å². The molecule has 0 aromatic heterocycles. The molecule has 4 unspecified atom stereocenters. The van der Waals surface area contributed by atoms with Gasteiger partial charge < -0.3 is 43.0 Å². The van der Waals surface area contributed by atoms with Crippen LogP contribution in [0, 0.1) is 57.7 Å². The number of rotatable bonds is 21. The van der Waals surface area contributed by atoms with Crippen LogP contribution in [-0.2, 0) is 27.3 Å². The van der Waals surface area contributed by atoms with E-state index in [-0.39, 0.29) is 77.5 Å². The first-order valence-electron chi connectivity index (χ1n) is 14.0. The quantitative estimate of drug-likeness (QED) is 0.131. The van der Waals surface area contributed by atoms with Gasteiger partial charge in [0.1, 0.15) is 0 Å². The zero-order chi connectivity index (χ0) is 31.0. The fraction of sp³-hybridized carbons (Fsp3) is 1.00. The zero-order valence-electron chi connectivity index (χ0n) is 25.0. The molecule has 0 aliphatic heterocycles. The molecule has 3 N–H and O–H groups in total. The van der Waals surface area contributed by atoms with E-state index in [1.807, 2.05) is 20.8 Å². The molecule has 0 amide bonds. The molecule has 16 heteroatoms. The summed E-state index contributed by atoms with van der Waals surface area (Å²) in [5.74, 6) is 0.693. The molecule has 12 nitrogen and oxygen atoms in total. The molecule has 0 fully saturated rings. The molecule has 0 aliphatic rings. The van der Waals surface area contributed by atoms with E-state index in [1.165, 1.54) is 0 Å². The minimum Gasteiger partial charge on any atom is -0.790 e. The Bertz CT molecular complexity index is 594. The SMILES string of the molecule is CCCCC(CC)COP(=O)(O)O.CCCCC(CC)COP(=O)([O-])O.CCCCC(CC)COP(=O)([O-])[O-].[Gd+3]. The standard InChI is InChI=1S/3C8H19O4P.Gd/c3*1-3-5-6-8(4-2)7-12-13(9,10)11;/h3*8H,3-7H2,1-2H3,(H2,9,10,11);/q;;;+3/p-3. The van der Waals surface area contributed by atoms with E-state index in [4.69, 9.17) is 14.7 Å². The van der Waals surface area contributed by atoms with Gasteiger partial charge in [-0.25, -0.2) is 4.57 Å². The number of phosphoric acid groups is 3. The van der Waals surface area contributed by atoms with E-state index in [0.29, 0.717) is 0 Å². The summed E-state index contributed by atoms with van der Waals surface area (Å²) in [5.41, 5.74) is 0. The molecule has 4 atom stereocenters. The molecule has 0 heterocycles. The third-order valence-electron chi connectivity index (χ3n) is 6.05. The normalized spacial score (nSPS) is 15.3. The van der Waals surface area contributed by atoms with Crippen LogP contribution >= 0.6 is 23.5 Å². The minimum atomic E-state index is -4.76. The van der Waals surface area contributed by atoms with Gasteiger partial charge in [0.2, 0.25) is 0 Å². The van der Waals surface area contributed by atoms with Crippen molar-refractivity contribution < 1.29 is 96.6 Å². The van der Waals surface area contributed by atoms with E-state index < -0.39 is 23.5 Å². The molecule has 0 rings (SSSR count). The predicted octanol–water partition coefficient (Wildman–Crippen LogP) is 5.04. The Labute approximate surface area is 274 Å². The summed E-state index contributed by atoms with van der Waals surface area (Å²) in [7, 11) is -13.5. The molecular formula is C24H54GdO12P3. The van der Waals surface area contributed by atoms with Crippen LogP contribution < -0.4 is 14.7 Å². The number of unbranched alkanes of at least 4 members (excludes halogenated alkanes) is 3. The van der Waals surface area contributed by atoms with Crippen molar-refractivity contribution in [1.29, 1.82) is 0 Å². The van der Waals surface area contributed by atoms with Crippen molar-refractivity contribution in [3.05, 3.63) is 0 Å². The monoisotopic (exact) mass is 785 g/mol. The van der Waals surface area contributed by atoms with Crippen LogP contribution in [-0.4, -0.2) is 34.5 Å². The van der Waals surface area contributed by atoms with E-state index in [2.05, 4.69) is 34.3 Å². The third-order valence-corrected chi connectivity index (χ3v) is 7.48. The molecule has 40 heavy (non-hydrogen) atoms. The number of phosphoric ester groups is 3. The first-order chi connectivity index (χ1) is 18.0. The largest absolute Gasteiger partial charge is 3.00 e. The Morgan fingerprint density at radius 3 is 1.10 bits per heavy atom. The molecular weight excluding hydrogens is 730 g/mol. The van der Waals surface area contributed by atoms with Crippen molar-refractivity contribution in [2.24, 2.45) is 17.8 Å². The molecule has 245 valence electrons. The van der Waals surface area contributed by atoms with Crippen molar-refractivity contribution in [1.82, 2.24) is 0 Å². The Morgan fingerprint density at radius 1 is 0.575 bits per heavy atom. The van der Waals surface area contributed by atoms with Crippen LogP contribution in [0.25, 0.3) is 0 Å². The first-order valence-corrected chi connectivity index (χ1v) is 18.5. The smallest absolute Gasteiger partial charge is 0.790 e. The molecule has 1 radical (unpaired) electrons. The maximum absolute atomic E-state index is 10.4. The fourth-order valence-electron chi connectivity index (χ4n) is 3.29. The number of hydrogen-bond acceptors (Lipinski definition) is 9. The minimum absolute atomic E-state index is 0. The summed E-state index contributed by atoms with van der Waals surface area (Å²) < 4.78 is 43.9. The summed E-state index contributed by atoms with van der Waals surface area (Å²) in [6, 6.07) is 0. The van der Waals surface area contributed by atoms with Gasteiger partial charge in [-0.15, -0.1) is 0 Å². The van der Waals surface area contributed by atoms with Crippen molar-refractivity contribution in [3.63, 3.8) is 0 Å². The average Bonchev–Trinajstić information content (AvgIpc) is 2.83. The van der Waals surface area contributed by atoms with Crippen molar-refractivity contribution >= 4 is 23.5 Å². The van der Waals surface area contributed by atoms with Gasteiger partial charge in [0.25, 0.3) is 7.82 Å². The third kappa shape index (κ3) is 41.8. The van der Waals surface area contributed by atoms with E-state index in [9.17, 15) is 28.4 Å². The van der Waals surface area contributed by atoms with E-state index in [0.717, 1.165) is 77.0 Å². The predicted molar refractivity (Wildman–Crippen MR) is 147 cm³/mol.